The lowest BCUT2D eigenvalue weighted by Crippen LogP contribution is -2.44. The molecule has 4 nitrogen and oxygen atoms in total. The number of ether oxygens (including phenoxy) is 1. The van der Waals surface area contributed by atoms with Crippen LogP contribution in [0.3, 0.4) is 0 Å². The van der Waals surface area contributed by atoms with Gasteiger partial charge < -0.3 is 15.0 Å². The van der Waals surface area contributed by atoms with E-state index in [0.717, 1.165) is 13.1 Å². The summed E-state index contributed by atoms with van der Waals surface area (Å²) in [5.41, 5.74) is 0. The van der Waals surface area contributed by atoms with Gasteiger partial charge in [-0.2, -0.15) is 0 Å². The normalized spacial score (nSPS) is 10.9. The van der Waals surface area contributed by atoms with Crippen molar-refractivity contribution in [3.05, 3.63) is 0 Å². The van der Waals surface area contributed by atoms with Gasteiger partial charge in [0.05, 0.1) is 6.61 Å². The van der Waals surface area contributed by atoms with Crippen LogP contribution in [0.1, 0.15) is 27.7 Å². The van der Waals surface area contributed by atoms with Crippen LogP contribution in [0.4, 0.5) is 4.79 Å². The van der Waals surface area contributed by atoms with Crippen LogP contribution in [-0.4, -0.2) is 44.3 Å². The fraction of sp³-hybridized carbons (Fsp3) is 0.917. The van der Waals surface area contributed by atoms with Crippen molar-refractivity contribution in [2.45, 2.75) is 27.7 Å². The third-order valence-electron chi connectivity index (χ3n) is 2.04. The van der Waals surface area contributed by atoms with Gasteiger partial charge in [0.25, 0.3) is 0 Å². The number of carbonyl (C=O) groups is 1. The van der Waals surface area contributed by atoms with Gasteiger partial charge in [-0.05, 0) is 11.8 Å². The molecule has 0 aliphatic heterocycles. The molecule has 0 saturated carbocycles. The Hall–Kier alpha value is -0.770. The molecule has 0 spiro atoms. The van der Waals surface area contributed by atoms with Crippen LogP contribution in [0.2, 0.25) is 0 Å². The second kappa shape index (κ2) is 8.39. The minimum Gasteiger partial charge on any atom is -0.383 e. The van der Waals surface area contributed by atoms with Gasteiger partial charge in [-0.3, -0.25) is 0 Å². The van der Waals surface area contributed by atoms with E-state index in [9.17, 15) is 4.79 Å². The number of amides is 2. The van der Waals surface area contributed by atoms with Crippen molar-refractivity contribution in [3.8, 4) is 0 Å². The molecule has 0 aromatic rings. The number of nitrogens with one attached hydrogen (secondary N) is 1. The lowest BCUT2D eigenvalue weighted by atomic mass is 10.1. The highest BCUT2D eigenvalue weighted by Crippen LogP contribution is 2.03. The highest BCUT2D eigenvalue weighted by molar-refractivity contribution is 5.74. The predicted octanol–water partition coefficient (Wildman–Crippen LogP) is 1.96. The summed E-state index contributed by atoms with van der Waals surface area (Å²) >= 11 is 0. The molecule has 0 fully saturated rings. The van der Waals surface area contributed by atoms with E-state index in [4.69, 9.17) is 4.74 Å². The second-order valence-electron chi connectivity index (χ2n) is 4.92. The van der Waals surface area contributed by atoms with E-state index < -0.39 is 0 Å². The molecule has 0 rings (SSSR count). The first kappa shape index (κ1) is 15.2. The molecule has 0 saturated heterocycles. The summed E-state index contributed by atoms with van der Waals surface area (Å²) < 4.78 is 4.90. The molecule has 2 amide bonds. The molecule has 0 unspecified atom stereocenters. The number of hydrogen-bond acceptors (Lipinski definition) is 2. The molecular formula is C12H26N2O2. The maximum atomic E-state index is 11.8. The average Bonchev–Trinajstić information content (AvgIpc) is 2.15. The zero-order valence-electron chi connectivity index (χ0n) is 11.2. The Morgan fingerprint density at radius 3 is 2.06 bits per heavy atom. The summed E-state index contributed by atoms with van der Waals surface area (Å²) in [6.45, 7) is 11.2. The van der Waals surface area contributed by atoms with Crippen LogP contribution < -0.4 is 5.32 Å². The van der Waals surface area contributed by atoms with Gasteiger partial charge in [-0.1, -0.05) is 27.7 Å². The van der Waals surface area contributed by atoms with Crippen LogP contribution in [-0.2, 0) is 4.74 Å². The van der Waals surface area contributed by atoms with Crippen LogP contribution in [0.5, 0.6) is 0 Å². The van der Waals surface area contributed by atoms with E-state index in [0.29, 0.717) is 25.0 Å². The molecule has 96 valence electrons. The smallest absolute Gasteiger partial charge is 0.317 e. The van der Waals surface area contributed by atoms with E-state index in [-0.39, 0.29) is 6.03 Å². The zero-order valence-corrected chi connectivity index (χ0v) is 11.2. The third-order valence-corrected chi connectivity index (χ3v) is 2.04. The molecule has 0 heterocycles. The van der Waals surface area contributed by atoms with E-state index >= 15 is 0 Å². The Morgan fingerprint density at radius 1 is 1.19 bits per heavy atom. The van der Waals surface area contributed by atoms with Crippen molar-refractivity contribution in [3.63, 3.8) is 0 Å². The zero-order chi connectivity index (χ0) is 12.6. The van der Waals surface area contributed by atoms with Gasteiger partial charge >= 0.3 is 6.03 Å². The standard InChI is InChI=1S/C12H26N2O2/c1-10(2)8-14(9-11(3)4)12(15)13-6-7-16-5/h10-11H,6-9H2,1-5H3,(H,13,15). The Labute approximate surface area is 99.3 Å². The SMILES string of the molecule is COCCNC(=O)N(CC(C)C)CC(C)C. The van der Waals surface area contributed by atoms with Gasteiger partial charge in [0, 0.05) is 26.7 Å². The quantitative estimate of drug-likeness (QED) is 0.679. The number of hydrogen-bond donors (Lipinski definition) is 1. The van der Waals surface area contributed by atoms with Crippen LogP contribution >= 0.6 is 0 Å². The Kier molecular flexibility index (Phi) is 7.99. The fourth-order valence-corrected chi connectivity index (χ4v) is 1.49. The first-order valence-electron chi connectivity index (χ1n) is 5.99. The molecule has 16 heavy (non-hydrogen) atoms. The summed E-state index contributed by atoms with van der Waals surface area (Å²) in [4.78, 5) is 13.7. The van der Waals surface area contributed by atoms with Gasteiger partial charge in [-0.25, -0.2) is 4.79 Å². The third kappa shape index (κ3) is 7.51. The summed E-state index contributed by atoms with van der Waals surface area (Å²) in [5, 5.41) is 2.86. The van der Waals surface area contributed by atoms with Crippen LogP contribution in [0.15, 0.2) is 0 Å². The summed E-state index contributed by atoms with van der Waals surface area (Å²) in [6.07, 6.45) is 0. The van der Waals surface area contributed by atoms with Crippen molar-refractivity contribution >= 4 is 6.03 Å². The lowest BCUT2D eigenvalue weighted by Gasteiger charge is -2.26. The van der Waals surface area contributed by atoms with E-state index in [1.54, 1.807) is 7.11 Å². The Balaban J connectivity index is 4.10. The first-order valence-corrected chi connectivity index (χ1v) is 5.99. The van der Waals surface area contributed by atoms with Gasteiger partial charge in [0.2, 0.25) is 0 Å². The summed E-state index contributed by atoms with van der Waals surface area (Å²) in [6, 6.07) is 0.0134. The average molecular weight is 230 g/mol. The minimum atomic E-state index is 0.0134. The molecule has 0 bridgehead atoms. The number of carbonyl (C=O) groups excluding carboxylic acids is 1. The van der Waals surface area contributed by atoms with E-state index in [2.05, 4.69) is 33.0 Å². The monoisotopic (exact) mass is 230 g/mol. The summed E-state index contributed by atoms with van der Waals surface area (Å²) in [7, 11) is 1.63. The van der Waals surface area contributed by atoms with Gasteiger partial charge in [0.1, 0.15) is 0 Å². The van der Waals surface area contributed by atoms with Gasteiger partial charge in [-0.15, -0.1) is 0 Å². The van der Waals surface area contributed by atoms with E-state index in [1.807, 2.05) is 4.90 Å². The Bertz CT molecular complexity index is 183. The Morgan fingerprint density at radius 2 is 1.69 bits per heavy atom. The van der Waals surface area contributed by atoms with Crippen LogP contribution in [0, 0.1) is 11.8 Å². The van der Waals surface area contributed by atoms with Crippen LogP contribution in [0.25, 0.3) is 0 Å². The molecule has 0 aliphatic carbocycles. The van der Waals surface area contributed by atoms with Crippen molar-refractivity contribution < 1.29 is 9.53 Å². The molecular weight excluding hydrogens is 204 g/mol. The van der Waals surface area contributed by atoms with Crippen molar-refractivity contribution in [2.24, 2.45) is 11.8 Å². The molecule has 0 radical (unpaired) electrons. The van der Waals surface area contributed by atoms with Gasteiger partial charge in [0.15, 0.2) is 0 Å². The molecule has 0 aliphatic rings. The highest BCUT2D eigenvalue weighted by atomic mass is 16.5. The number of urea groups is 1. The van der Waals surface area contributed by atoms with E-state index in [1.165, 1.54) is 0 Å². The summed E-state index contributed by atoms with van der Waals surface area (Å²) in [5.74, 6) is 0.985. The number of nitrogens with zero attached hydrogens (tertiary/aromatic N) is 1. The second-order valence-corrected chi connectivity index (χ2v) is 4.92. The number of rotatable bonds is 7. The molecule has 1 N–H and O–H groups in total. The highest BCUT2D eigenvalue weighted by Gasteiger charge is 2.15. The maximum Gasteiger partial charge on any atom is 0.317 e. The number of methoxy groups -OCH3 is 1. The van der Waals surface area contributed by atoms with Crippen molar-refractivity contribution in [1.29, 1.82) is 0 Å². The lowest BCUT2D eigenvalue weighted by molar-refractivity contribution is 0.170. The fourth-order valence-electron chi connectivity index (χ4n) is 1.49. The molecule has 0 atom stereocenters. The molecule has 0 aromatic heterocycles. The predicted molar refractivity (Wildman–Crippen MR) is 66.5 cm³/mol. The van der Waals surface area contributed by atoms with Crippen molar-refractivity contribution in [2.75, 3.05) is 33.4 Å². The topological polar surface area (TPSA) is 41.6 Å². The molecule has 0 aromatic carbocycles. The first-order chi connectivity index (χ1) is 7.47. The largest absolute Gasteiger partial charge is 0.383 e. The molecule has 4 heteroatoms. The maximum absolute atomic E-state index is 11.8. The minimum absolute atomic E-state index is 0.0134. The van der Waals surface area contributed by atoms with Crippen molar-refractivity contribution in [1.82, 2.24) is 10.2 Å².